The minimum atomic E-state index is -4.38. The van der Waals surface area contributed by atoms with E-state index in [1.54, 1.807) is 6.07 Å². The van der Waals surface area contributed by atoms with Crippen LogP contribution in [0, 0.1) is 0 Å². The molecule has 0 aliphatic heterocycles. The van der Waals surface area contributed by atoms with Crippen LogP contribution in [0.5, 0.6) is 0 Å². The first-order chi connectivity index (χ1) is 7.43. The van der Waals surface area contributed by atoms with Gasteiger partial charge in [-0.1, -0.05) is 19.4 Å². The smallest absolute Gasteiger partial charge is 0.327 e. The molecule has 0 spiro atoms. The monoisotopic (exact) mass is 232 g/mol. The van der Waals surface area contributed by atoms with Gasteiger partial charge in [0.05, 0.1) is 0 Å². The number of nitrogens with two attached hydrogens (primary N) is 1. The van der Waals surface area contributed by atoms with Crippen molar-refractivity contribution in [3.8, 4) is 0 Å². The van der Waals surface area contributed by atoms with Crippen molar-refractivity contribution >= 4 is 0 Å². The Balaban J connectivity index is 2.75. The van der Waals surface area contributed by atoms with E-state index in [1.165, 1.54) is 6.07 Å². The Morgan fingerprint density at radius 1 is 1.38 bits per heavy atom. The van der Waals surface area contributed by atoms with Gasteiger partial charge in [0.1, 0.15) is 5.69 Å². The van der Waals surface area contributed by atoms with E-state index < -0.39 is 11.9 Å². The number of hydrogen-bond acceptors (Lipinski definition) is 2. The van der Waals surface area contributed by atoms with Crippen molar-refractivity contribution in [1.29, 1.82) is 0 Å². The lowest BCUT2D eigenvalue weighted by Crippen LogP contribution is -2.23. The summed E-state index contributed by atoms with van der Waals surface area (Å²) in [4.78, 5) is 3.56. The third-order valence-electron chi connectivity index (χ3n) is 2.23. The molecule has 2 N–H and O–H groups in total. The highest BCUT2D eigenvalue weighted by Crippen LogP contribution is 2.27. The minimum absolute atomic E-state index is 0.124. The van der Waals surface area contributed by atoms with Crippen LogP contribution >= 0.6 is 0 Å². The third kappa shape index (κ3) is 3.81. The molecule has 0 aliphatic carbocycles. The number of halogens is 3. The predicted molar refractivity (Wildman–Crippen MR) is 55.8 cm³/mol. The molecule has 0 saturated carbocycles. The van der Waals surface area contributed by atoms with Gasteiger partial charge in [0.25, 0.3) is 0 Å². The summed E-state index contributed by atoms with van der Waals surface area (Å²) < 4.78 is 37.1. The molecular formula is C11H15F3N2. The summed E-state index contributed by atoms with van der Waals surface area (Å²) in [5.74, 6) is 0. The maximum atomic E-state index is 12.4. The molecule has 1 aromatic rings. The van der Waals surface area contributed by atoms with Crippen LogP contribution < -0.4 is 5.73 Å². The first kappa shape index (κ1) is 13.0. The van der Waals surface area contributed by atoms with Gasteiger partial charge in [0.15, 0.2) is 0 Å². The van der Waals surface area contributed by atoms with Gasteiger partial charge in [-0.05, 0) is 18.6 Å². The van der Waals surface area contributed by atoms with Crippen LogP contribution in [-0.4, -0.2) is 11.0 Å². The van der Waals surface area contributed by atoms with Crippen molar-refractivity contribution in [1.82, 2.24) is 4.98 Å². The fraction of sp³-hybridized carbons (Fsp3) is 0.545. The maximum Gasteiger partial charge on any atom is 0.433 e. The Morgan fingerprint density at radius 3 is 2.62 bits per heavy atom. The summed E-state index contributed by atoms with van der Waals surface area (Å²) in [5, 5.41) is 0. The van der Waals surface area contributed by atoms with Crippen LogP contribution in [0.1, 0.15) is 31.2 Å². The van der Waals surface area contributed by atoms with Crippen LogP contribution in [0.2, 0.25) is 0 Å². The van der Waals surface area contributed by atoms with Crippen molar-refractivity contribution < 1.29 is 13.2 Å². The topological polar surface area (TPSA) is 38.9 Å². The van der Waals surface area contributed by atoms with Gasteiger partial charge in [-0.15, -0.1) is 0 Å². The van der Waals surface area contributed by atoms with Crippen molar-refractivity contribution in [2.45, 2.75) is 38.4 Å². The van der Waals surface area contributed by atoms with E-state index in [0.717, 1.165) is 18.9 Å². The molecule has 0 radical (unpaired) electrons. The van der Waals surface area contributed by atoms with Gasteiger partial charge in [-0.2, -0.15) is 13.2 Å². The summed E-state index contributed by atoms with van der Waals surface area (Å²) >= 11 is 0. The second-order valence-electron chi connectivity index (χ2n) is 3.76. The quantitative estimate of drug-likeness (QED) is 0.866. The van der Waals surface area contributed by atoms with Gasteiger partial charge in [-0.25, -0.2) is 4.98 Å². The Labute approximate surface area is 92.7 Å². The molecule has 1 rings (SSSR count). The fourth-order valence-corrected chi connectivity index (χ4v) is 1.49. The minimum Gasteiger partial charge on any atom is -0.327 e. The van der Waals surface area contributed by atoms with Gasteiger partial charge in [-0.3, -0.25) is 0 Å². The summed E-state index contributed by atoms with van der Waals surface area (Å²) in [7, 11) is 0. The standard InChI is InChI=1S/C11H15F3N2/c1-2-4-8(15)7-9-5-3-6-10(16-9)11(12,13)14/h3,5-6,8H,2,4,7,15H2,1H3. The summed E-state index contributed by atoms with van der Waals surface area (Å²) in [5.41, 5.74) is 5.30. The summed E-state index contributed by atoms with van der Waals surface area (Å²) in [6.45, 7) is 1.99. The summed E-state index contributed by atoms with van der Waals surface area (Å²) in [6.07, 6.45) is -2.29. The first-order valence-corrected chi connectivity index (χ1v) is 5.22. The largest absolute Gasteiger partial charge is 0.433 e. The molecule has 2 nitrogen and oxygen atoms in total. The van der Waals surface area contributed by atoms with E-state index in [-0.39, 0.29) is 6.04 Å². The van der Waals surface area contributed by atoms with E-state index >= 15 is 0 Å². The number of pyridine rings is 1. The zero-order chi connectivity index (χ0) is 12.2. The Kier molecular flexibility index (Phi) is 4.29. The fourth-order valence-electron chi connectivity index (χ4n) is 1.49. The van der Waals surface area contributed by atoms with Gasteiger partial charge in [0, 0.05) is 18.2 Å². The highest BCUT2D eigenvalue weighted by atomic mass is 19.4. The van der Waals surface area contributed by atoms with E-state index in [2.05, 4.69) is 4.98 Å². The zero-order valence-electron chi connectivity index (χ0n) is 9.09. The molecule has 0 amide bonds. The summed E-state index contributed by atoms with van der Waals surface area (Å²) in [6, 6.07) is 3.78. The number of nitrogens with zero attached hydrogens (tertiary/aromatic N) is 1. The molecular weight excluding hydrogens is 217 g/mol. The highest BCUT2D eigenvalue weighted by molar-refractivity contribution is 5.14. The maximum absolute atomic E-state index is 12.4. The zero-order valence-corrected chi connectivity index (χ0v) is 9.09. The normalized spacial score (nSPS) is 13.8. The average molecular weight is 232 g/mol. The van der Waals surface area contributed by atoms with E-state index in [1.807, 2.05) is 6.92 Å². The first-order valence-electron chi connectivity index (χ1n) is 5.22. The highest BCUT2D eigenvalue weighted by Gasteiger charge is 2.32. The number of aromatic nitrogens is 1. The number of alkyl halides is 3. The molecule has 5 heteroatoms. The van der Waals surface area contributed by atoms with Crippen LogP contribution in [0.25, 0.3) is 0 Å². The molecule has 1 unspecified atom stereocenters. The van der Waals surface area contributed by atoms with Crippen LogP contribution in [0.3, 0.4) is 0 Å². The molecule has 0 fully saturated rings. The van der Waals surface area contributed by atoms with Crippen LogP contribution in [-0.2, 0) is 12.6 Å². The molecule has 90 valence electrons. The van der Waals surface area contributed by atoms with E-state index in [4.69, 9.17) is 5.73 Å². The second kappa shape index (κ2) is 5.30. The SMILES string of the molecule is CCCC(N)Cc1cccc(C(F)(F)F)n1. The van der Waals surface area contributed by atoms with E-state index in [0.29, 0.717) is 12.1 Å². The van der Waals surface area contributed by atoms with Crippen LogP contribution in [0.4, 0.5) is 13.2 Å². The van der Waals surface area contributed by atoms with E-state index in [9.17, 15) is 13.2 Å². The molecule has 16 heavy (non-hydrogen) atoms. The molecule has 1 heterocycles. The average Bonchev–Trinajstić information content (AvgIpc) is 2.17. The lowest BCUT2D eigenvalue weighted by atomic mass is 10.1. The van der Waals surface area contributed by atoms with Crippen molar-refractivity contribution in [3.05, 3.63) is 29.6 Å². The third-order valence-corrected chi connectivity index (χ3v) is 2.23. The van der Waals surface area contributed by atoms with Gasteiger partial charge < -0.3 is 5.73 Å². The molecule has 0 aliphatic rings. The van der Waals surface area contributed by atoms with Gasteiger partial charge >= 0.3 is 6.18 Å². The van der Waals surface area contributed by atoms with Crippen molar-refractivity contribution in [2.24, 2.45) is 5.73 Å². The Bertz CT molecular complexity index is 336. The molecule has 1 atom stereocenters. The molecule has 0 aromatic carbocycles. The molecule has 1 aromatic heterocycles. The van der Waals surface area contributed by atoms with Crippen molar-refractivity contribution in [2.75, 3.05) is 0 Å². The van der Waals surface area contributed by atoms with Crippen LogP contribution in [0.15, 0.2) is 18.2 Å². The lowest BCUT2D eigenvalue weighted by molar-refractivity contribution is -0.141. The number of rotatable bonds is 4. The number of hydrogen-bond donors (Lipinski definition) is 1. The molecule has 0 bridgehead atoms. The molecule has 0 saturated heterocycles. The lowest BCUT2D eigenvalue weighted by Gasteiger charge is -2.11. The van der Waals surface area contributed by atoms with Gasteiger partial charge in [0.2, 0.25) is 0 Å². The Morgan fingerprint density at radius 2 is 2.06 bits per heavy atom. The second-order valence-corrected chi connectivity index (χ2v) is 3.76. The Hall–Kier alpha value is -1.10. The van der Waals surface area contributed by atoms with Crippen molar-refractivity contribution in [3.63, 3.8) is 0 Å². The predicted octanol–water partition coefficient (Wildman–Crippen LogP) is 2.77.